The number of ether oxygens (including phenoxy) is 1. The molecule has 0 atom stereocenters. The molecule has 0 spiro atoms. The van der Waals surface area contributed by atoms with Crippen molar-refractivity contribution in [1.29, 1.82) is 0 Å². The smallest absolute Gasteiger partial charge is 0.261 e. The number of hydrogen-bond acceptors (Lipinski definition) is 6. The number of nitrogens with zero attached hydrogens (tertiary/aromatic N) is 3. The van der Waals surface area contributed by atoms with Gasteiger partial charge in [-0.05, 0) is 74.1 Å². The van der Waals surface area contributed by atoms with Gasteiger partial charge in [0, 0.05) is 17.1 Å². The van der Waals surface area contributed by atoms with Crippen molar-refractivity contribution in [2.75, 3.05) is 18.1 Å². The summed E-state index contributed by atoms with van der Waals surface area (Å²) in [6, 6.07) is 8.75. The van der Waals surface area contributed by atoms with Crippen molar-refractivity contribution in [2.24, 2.45) is 5.92 Å². The Bertz CT molecular complexity index is 1150. The van der Waals surface area contributed by atoms with Gasteiger partial charge in [0.25, 0.3) is 5.91 Å². The Kier molecular flexibility index (Phi) is 6.79. The molecule has 2 aromatic carbocycles. The van der Waals surface area contributed by atoms with Gasteiger partial charge >= 0.3 is 0 Å². The molecule has 1 fully saturated rings. The summed E-state index contributed by atoms with van der Waals surface area (Å²) in [5.74, 6) is 0.927. The van der Waals surface area contributed by atoms with E-state index in [1.807, 2.05) is 26.0 Å². The molecule has 9 heteroatoms. The quantitative estimate of drug-likeness (QED) is 0.375. The van der Waals surface area contributed by atoms with Crippen LogP contribution in [0.1, 0.15) is 34.3 Å². The molecule has 0 bridgehead atoms. The number of aromatic nitrogens is 2. The highest BCUT2D eigenvalue weighted by atomic mass is 35.5. The number of halogens is 2. The molecule has 32 heavy (non-hydrogen) atoms. The first-order valence-corrected chi connectivity index (χ1v) is 11.7. The second-order valence-corrected chi connectivity index (χ2v) is 9.59. The lowest BCUT2D eigenvalue weighted by atomic mass is 10.1. The van der Waals surface area contributed by atoms with E-state index < -0.39 is 0 Å². The van der Waals surface area contributed by atoms with Crippen LogP contribution < -0.4 is 9.64 Å². The number of benzene rings is 2. The van der Waals surface area contributed by atoms with E-state index in [0.717, 1.165) is 35.8 Å². The SMILES string of the molecule is Cc1cc(-c2nnc(N(CC3CC3)C(=O)c3ccc(Cl)cc3Cl)s2)cc(C)c1OCC=O. The van der Waals surface area contributed by atoms with E-state index in [1.165, 1.54) is 11.3 Å². The van der Waals surface area contributed by atoms with E-state index in [9.17, 15) is 9.59 Å². The number of aryl methyl sites for hydroxylation is 2. The molecule has 0 saturated heterocycles. The molecule has 1 heterocycles. The third-order valence-corrected chi connectivity index (χ3v) is 6.74. The fourth-order valence-electron chi connectivity index (χ4n) is 3.47. The fourth-order valence-corrected chi connectivity index (χ4v) is 4.80. The Hall–Kier alpha value is -2.48. The van der Waals surface area contributed by atoms with Gasteiger partial charge in [-0.15, -0.1) is 10.2 Å². The number of aldehydes is 1. The summed E-state index contributed by atoms with van der Waals surface area (Å²) in [6.45, 7) is 4.42. The highest BCUT2D eigenvalue weighted by Gasteiger charge is 2.31. The van der Waals surface area contributed by atoms with Crippen LogP contribution in [0.4, 0.5) is 5.13 Å². The standard InChI is InChI=1S/C23H21Cl2N3O3S/c1-13-9-16(10-14(2)20(13)31-8-7-29)21-26-27-23(32-21)28(12-15-3-4-15)22(30)18-6-5-17(24)11-19(18)25/h5-7,9-11,15H,3-4,8,12H2,1-2H3. The van der Waals surface area contributed by atoms with Crippen LogP contribution in [-0.2, 0) is 4.79 Å². The van der Waals surface area contributed by atoms with Gasteiger partial charge in [-0.2, -0.15) is 0 Å². The topological polar surface area (TPSA) is 72.4 Å². The van der Waals surface area contributed by atoms with Crippen LogP contribution in [0.2, 0.25) is 10.0 Å². The minimum absolute atomic E-state index is 0.00940. The molecule has 0 aliphatic heterocycles. The first-order valence-electron chi connectivity index (χ1n) is 10.2. The maximum Gasteiger partial charge on any atom is 0.261 e. The van der Waals surface area contributed by atoms with Crippen LogP contribution in [-0.4, -0.2) is 35.5 Å². The van der Waals surface area contributed by atoms with Crippen molar-refractivity contribution >= 4 is 51.9 Å². The van der Waals surface area contributed by atoms with Crippen LogP contribution in [0.25, 0.3) is 10.6 Å². The Labute approximate surface area is 200 Å². The molecule has 0 N–H and O–H groups in total. The molecular weight excluding hydrogens is 469 g/mol. The van der Waals surface area contributed by atoms with Crippen molar-refractivity contribution in [1.82, 2.24) is 10.2 Å². The summed E-state index contributed by atoms with van der Waals surface area (Å²) in [7, 11) is 0. The Morgan fingerprint density at radius 3 is 2.53 bits per heavy atom. The van der Waals surface area contributed by atoms with Crippen molar-refractivity contribution in [3.8, 4) is 16.3 Å². The largest absolute Gasteiger partial charge is 0.486 e. The summed E-state index contributed by atoms with van der Waals surface area (Å²) in [4.78, 5) is 25.6. The van der Waals surface area contributed by atoms with E-state index in [4.69, 9.17) is 27.9 Å². The van der Waals surface area contributed by atoms with Gasteiger partial charge in [0.1, 0.15) is 17.4 Å². The van der Waals surface area contributed by atoms with E-state index in [-0.39, 0.29) is 12.5 Å². The zero-order valence-electron chi connectivity index (χ0n) is 17.6. The van der Waals surface area contributed by atoms with Gasteiger partial charge in [-0.25, -0.2) is 0 Å². The molecule has 1 saturated carbocycles. The lowest BCUT2D eigenvalue weighted by Gasteiger charge is -2.20. The summed E-state index contributed by atoms with van der Waals surface area (Å²) in [5.41, 5.74) is 3.07. The lowest BCUT2D eigenvalue weighted by Crippen LogP contribution is -2.33. The second kappa shape index (κ2) is 9.57. The zero-order chi connectivity index (χ0) is 22.8. The molecule has 0 radical (unpaired) electrons. The molecule has 166 valence electrons. The van der Waals surface area contributed by atoms with E-state index in [2.05, 4.69) is 10.2 Å². The van der Waals surface area contributed by atoms with Gasteiger partial charge in [-0.3, -0.25) is 14.5 Å². The first kappa shape index (κ1) is 22.7. The van der Waals surface area contributed by atoms with Crippen molar-refractivity contribution < 1.29 is 14.3 Å². The molecule has 1 aliphatic carbocycles. The van der Waals surface area contributed by atoms with Crippen molar-refractivity contribution in [3.63, 3.8) is 0 Å². The highest BCUT2D eigenvalue weighted by Crippen LogP contribution is 2.37. The van der Waals surface area contributed by atoms with Gasteiger partial charge < -0.3 is 4.74 Å². The Morgan fingerprint density at radius 1 is 1.19 bits per heavy atom. The minimum atomic E-state index is -0.216. The lowest BCUT2D eigenvalue weighted by molar-refractivity contribution is -0.109. The summed E-state index contributed by atoms with van der Waals surface area (Å²) < 4.78 is 5.53. The molecule has 4 rings (SSSR count). The second-order valence-electron chi connectivity index (χ2n) is 7.79. The highest BCUT2D eigenvalue weighted by molar-refractivity contribution is 7.18. The predicted molar refractivity (Wildman–Crippen MR) is 127 cm³/mol. The molecule has 6 nitrogen and oxygen atoms in total. The van der Waals surface area contributed by atoms with Crippen LogP contribution in [0, 0.1) is 19.8 Å². The van der Waals surface area contributed by atoms with Crippen LogP contribution in [0.3, 0.4) is 0 Å². The van der Waals surface area contributed by atoms with Gasteiger partial charge in [-0.1, -0.05) is 34.5 Å². The number of carbonyl (C=O) groups is 2. The predicted octanol–water partition coefficient (Wildman–Crippen LogP) is 5.76. The van der Waals surface area contributed by atoms with E-state index in [0.29, 0.717) is 44.0 Å². The third-order valence-electron chi connectivity index (χ3n) is 5.19. The monoisotopic (exact) mass is 489 g/mol. The van der Waals surface area contributed by atoms with Crippen LogP contribution in [0.5, 0.6) is 5.75 Å². The fraction of sp³-hybridized carbons (Fsp3) is 0.304. The third kappa shape index (κ3) is 4.95. The number of hydrogen-bond donors (Lipinski definition) is 0. The number of anilines is 1. The van der Waals surface area contributed by atoms with Crippen molar-refractivity contribution in [2.45, 2.75) is 26.7 Å². The molecule has 0 unspecified atom stereocenters. The van der Waals surface area contributed by atoms with Crippen LogP contribution >= 0.6 is 34.5 Å². The van der Waals surface area contributed by atoms with Gasteiger partial charge in [0.2, 0.25) is 5.13 Å². The summed E-state index contributed by atoms with van der Waals surface area (Å²) in [5, 5.41) is 10.7. The summed E-state index contributed by atoms with van der Waals surface area (Å²) in [6.07, 6.45) is 2.90. The molecular formula is C23H21Cl2N3O3S. The number of rotatable bonds is 8. The summed E-state index contributed by atoms with van der Waals surface area (Å²) >= 11 is 13.6. The Morgan fingerprint density at radius 2 is 1.91 bits per heavy atom. The normalized spacial score (nSPS) is 13.1. The molecule has 1 aliphatic rings. The molecule has 1 aromatic heterocycles. The maximum atomic E-state index is 13.3. The van der Waals surface area contributed by atoms with E-state index in [1.54, 1.807) is 23.1 Å². The Balaban J connectivity index is 1.65. The van der Waals surface area contributed by atoms with E-state index >= 15 is 0 Å². The van der Waals surface area contributed by atoms with Gasteiger partial charge in [0.05, 0.1) is 10.6 Å². The van der Waals surface area contributed by atoms with Gasteiger partial charge in [0.15, 0.2) is 6.29 Å². The zero-order valence-corrected chi connectivity index (χ0v) is 19.9. The van der Waals surface area contributed by atoms with Crippen LogP contribution in [0.15, 0.2) is 30.3 Å². The molecule has 3 aromatic rings. The first-order chi connectivity index (χ1) is 15.4. The average molecular weight is 490 g/mol. The number of amides is 1. The minimum Gasteiger partial charge on any atom is -0.486 e. The average Bonchev–Trinajstić information content (AvgIpc) is 3.44. The maximum absolute atomic E-state index is 13.3. The number of carbonyl (C=O) groups excluding carboxylic acids is 2. The van der Waals surface area contributed by atoms with Crippen molar-refractivity contribution in [3.05, 3.63) is 57.1 Å². The molecule has 1 amide bonds.